The normalized spacial score (nSPS) is 23.5. The van der Waals surface area contributed by atoms with Gasteiger partial charge in [0.25, 0.3) is 0 Å². The van der Waals surface area contributed by atoms with Gasteiger partial charge in [-0.1, -0.05) is 49.4 Å². The van der Waals surface area contributed by atoms with Crippen LogP contribution < -0.4 is 5.32 Å². The smallest absolute Gasteiger partial charge is 0.0133 e. The van der Waals surface area contributed by atoms with Gasteiger partial charge < -0.3 is 10.2 Å². The number of fused-ring (bicyclic) bond motifs is 1. The Hall–Kier alpha value is -1.09. The lowest BCUT2D eigenvalue weighted by molar-refractivity contribution is 0.0929. The van der Waals surface area contributed by atoms with Crippen LogP contribution in [0.4, 0.5) is 0 Å². The van der Waals surface area contributed by atoms with Gasteiger partial charge in [0.1, 0.15) is 0 Å². The molecule has 0 spiro atoms. The molecular formula is C23H33ClN2. The lowest BCUT2D eigenvalue weighted by atomic mass is 9.83. The van der Waals surface area contributed by atoms with Gasteiger partial charge in [-0.25, -0.2) is 0 Å². The largest absolute Gasteiger partial charge is 0.316 e. The number of rotatable bonds is 4. The molecule has 2 aromatic carbocycles. The molecule has 2 aliphatic rings. The number of halogens is 1. The van der Waals surface area contributed by atoms with E-state index in [4.69, 9.17) is 0 Å². The third kappa shape index (κ3) is 4.08. The molecule has 2 atom stereocenters. The fraction of sp³-hybridized carbons (Fsp3) is 0.565. The minimum absolute atomic E-state index is 0. The summed E-state index contributed by atoms with van der Waals surface area (Å²) in [7, 11) is 0. The van der Waals surface area contributed by atoms with Crippen LogP contribution in [0.25, 0.3) is 10.8 Å². The van der Waals surface area contributed by atoms with Crippen molar-refractivity contribution in [2.45, 2.75) is 51.0 Å². The maximum atomic E-state index is 3.62. The fourth-order valence-corrected chi connectivity index (χ4v) is 5.25. The lowest BCUT2D eigenvalue weighted by Gasteiger charge is -2.42. The molecule has 0 radical (unpaired) electrons. The van der Waals surface area contributed by atoms with Crippen LogP contribution in [-0.2, 0) is 0 Å². The van der Waals surface area contributed by atoms with Crippen LogP contribution in [0.1, 0.15) is 50.5 Å². The van der Waals surface area contributed by atoms with Crippen molar-refractivity contribution in [3.8, 4) is 0 Å². The Morgan fingerprint density at radius 1 is 1.04 bits per heavy atom. The molecule has 2 saturated heterocycles. The van der Waals surface area contributed by atoms with E-state index in [0.29, 0.717) is 0 Å². The first kappa shape index (κ1) is 19.7. The molecule has 2 aromatic rings. The molecule has 4 rings (SSSR count). The van der Waals surface area contributed by atoms with Crippen molar-refractivity contribution in [2.75, 3.05) is 26.2 Å². The van der Waals surface area contributed by atoms with Crippen LogP contribution in [0.2, 0.25) is 0 Å². The molecule has 2 heterocycles. The zero-order valence-electron chi connectivity index (χ0n) is 16.0. The van der Waals surface area contributed by atoms with E-state index < -0.39 is 0 Å². The van der Waals surface area contributed by atoms with E-state index in [1.807, 2.05) is 0 Å². The molecule has 26 heavy (non-hydrogen) atoms. The van der Waals surface area contributed by atoms with Gasteiger partial charge in [0.2, 0.25) is 0 Å². The van der Waals surface area contributed by atoms with Crippen LogP contribution >= 0.6 is 12.4 Å². The molecule has 0 bridgehead atoms. The predicted molar refractivity (Wildman–Crippen MR) is 114 cm³/mol. The van der Waals surface area contributed by atoms with Crippen LogP contribution in [0, 0.1) is 5.92 Å². The quantitative estimate of drug-likeness (QED) is 0.791. The monoisotopic (exact) mass is 372 g/mol. The number of hydrogen-bond donors (Lipinski definition) is 1. The molecular weight excluding hydrogens is 340 g/mol. The van der Waals surface area contributed by atoms with Gasteiger partial charge in [-0.15, -0.1) is 12.4 Å². The summed E-state index contributed by atoms with van der Waals surface area (Å²) in [6.07, 6.45) is 6.68. The van der Waals surface area contributed by atoms with Crippen molar-refractivity contribution in [2.24, 2.45) is 5.92 Å². The number of hydrogen-bond acceptors (Lipinski definition) is 2. The van der Waals surface area contributed by atoms with Gasteiger partial charge in [-0.2, -0.15) is 0 Å². The summed E-state index contributed by atoms with van der Waals surface area (Å²) < 4.78 is 0. The Balaban J connectivity index is 0.00000196. The van der Waals surface area contributed by atoms with E-state index in [-0.39, 0.29) is 12.4 Å². The van der Waals surface area contributed by atoms with E-state index in [1.54, 1.807) is 5.56 Å². The maximum absolute atomic E-state index is 3.62. The van der Waals surface area contributed by atoms with E-state index >= 15 is 0 Å². The lowest BCUT2D eigenvalue weighted by Crippen LogP contribution is -2.48. The highest BCUT2D eigenvalue weighted by Gasteiger charge is 2.31. The molecule has 2 nitrogen and oxygen atoms in total. The molecule has 0 aliphatic carbocycles. The van der Waals surface area contributed by atoms with Gasteiger partial charge in [0, 0.05) is 6.04 Å². The van der Waals surface area contributed by atoms with Crippen molar-refractivity contribution in [3.63, 3.8) is 0 Å². The highest BCUT2D eigenvalue weighted by Crippen LogP contribution is 2.35. The molecule has 3 heteroatoms. The summed E-state index contributed by atoms with van der Waals surface area (Å²) >= 11 is 0. The topological polar surface area (TPSA) is 15.3 Å². The molecule has 2 fully saturated rings. The van der Waals surface area contributed by atoms with Gasteiger partial charge in [0.05, 0.1) is 0 Å². The number of benzene rings is 2. The number of piperidine rings is 2. The second-order valence-corrected chi connectivity index (χ2v) is 7.96. The fourth-order valence-electron chi connectivity index (χ4n) is 5.25. The van der Waals surface area contributed by atoms with Crippen molar-refractivity contribution >= 4 is 23.2 Å². The van der Waals surface area contributed by atoms with Gasteiger partial charge in [-0.05, 0) is 86.5 Å². The molecule has 0 saturated carbocycles. The van der Waals surface area contributed by atoms with Gasteiger partial charge in [0.15, 0.2) is 0 Å². The summed E-state index contributed by atoms with van der Waals surface area (Å²) in [5.41, 5.74) is 1.57. The van der Waals surface area contributed by atoms with Crippen molar-refractivity contribution < 1.29 is 0 Å². The standard InChI is InChI=1S/C23H32N2.ClH/c1-2-23(20-9-6-14-24-17-20)25-15-12-19(13-16-25)22-11-5-8-18-7-3-4-10-21(18)22;/h3-5,7-8,10-11,19-20,23-24H,2,6,9,12-17H2,1H3;1H. The minimum atomic E-state index is 0. The average Bonchev–Trinajstić information content (AvgIpc) is 2.70. The van der Waals surface area contributed by atoms with E-state index in [9.17, 15) is 0 Å². The number of likely N-dealkylation sites (tertiary alicyclic amines) is 1. The first-order chi connectivity index (χ1) is 12.4. The summed E-state index contributed by atoms with van der Waals surface area (Å²) in [5.74, 6) is 1.58. The number of nitrogens with zero attached hydrogens (tertiary/aromatic N) is 1. The SMILES string of the molecule is CCC(C1CCCNC1)N1CCC(c2cccc3ccccc23)CC1.Cl. The minimum Gasteiger partial charge on any atom is -0.316 e. The Kier molecular flexibility index (Phi) is 6.97. The Morgan fingerprint density at radius 3 is 2.54 bits per heavy atom. The van der Waals surface area contributed by atoms with Crippen LogP contribution in [-0.4, -0.2) is 37.1 Å². The summed E-state index contributed by atoms with van der Waals surface area (Å²) in [4.78, 5) is 2.80. The summed E-state index contributed by atoms with van der Waals surface area (Å²) in [5, 5.41) is 6.47. The van der Waals surface area contributed by atoms with Crippen molar-refractivity contribution in [1.82, 2.24) is 10.2 Å². The third-order valence-corrected chi connectivity index (χ3v) is 6.56. The molecule has 0 aromatic heterocycles. The van der Waals surface area contributed by atoms with Crippen molar-refractivity contribution in [3.05, 3.63) is 48.0 Å². The summed E-state index contributed by atoms with van der Waals surface area (Å²) in [6, 6.07) is 16.5. The maximum Gasteiger partial charge on any atom is 0.0133 e. The van der Waals surface area contributed by atoms with E-state index in [0.717, 1.165) is 17.9 Å². The van der Waals surface area contributed by atoms with E-state index in [1.165, 1.54) is 69.1 Å². The van der Waals surface area contributed by atoms with Crippen LogP contribution in [0.3, 0.4) is 0 Å². The molecule has 0 amide bonds. The highest BCUT2D eigenvalue weighted by molar-refractivity contribution is 5.86. The Labute approximate surface area is 164 Å². The number of nitrogens with one attached hydrogen (secondary N) is 1. The zero-order chi connectivity index (χ0) is 17.1. The van der Waals surface area contributed by atoms with Crippen LogP contribution in [0.15, 0.2) is 42.5 Å². The second kappa shape index (κ2) is 9.21. The molecule has 142 valence electrons. The average molecular weight is 373 g/mol. The Morgan fingerprint density at radius 2 is 1.81 bits per heavy atom. The highest BCUT2D eigenvalue weighted by atomic mass is 35.5. The van der Waals surface area contributed by atoms with Crippen LogP contribution in [0.5, 0.6) is 0 Å². The van der Waals surface area contributed by atoms with Gasteiger partial charge >= 0.3 is 0 Å². The zero-order valence-corrected chi connectivity index (χ0v) is 16.8. The first-order valence-electron chi connectivity index (χ1n) is 10.3. The van der Waals surface area contributed by atoms with Gasteiger partial charge in [-0.3, -0.25) is 0 Å². The molecule has 2 unspecified atom stereocenters. The summed E-state index contributed by atoms with van der Waals surface area (Å²) in [6.45, 7) is 7.36. The third-order valence-electron chi connectivity index (χ3n) is 6.56. The molecule has 1 N–H and O–H groups in total. The molecule has 2 aliphatic heterocycles. The van der Waals surface area contributed by atoms with Crippen molar-refractivity contribution in [1.29, 1.82) is 0 Å². The Bertz CT molecular complexity index is 682. The second-order valence-electron chi connectivity index (χ2n) is 7.96. The first-order valence-corrected chi connectivity index (χ1v) is 10.3. The predicted octanol–water partition coefficient (Wildman–Crippen LogP) is 5.22. The van der Waals surface area contributed by atoms with E-state index in [2.05, 4.69) is 59.6 Å².